The lowest BCUT2D eigenvalue weighted by Crippen LogP contribution is -2.26. The predicted molar refractivity (Wildman–Crippen MR) is 267 cm³/mol. The molecule has 12 aromatic rings. The molecule has 0 saturated heterocycles. The molecule has 16 rings (SSSR count). The van der Waals surface area contributed by atoms with Gasteiger partial charge in [-0.3, -0.25) is 14.7 Å². The van der Waals surface area contributed by atoms with Crippen molar-refractivity contribution in [3.05, 3.63) is 193 Å². The summed E-state index contributed by atoms with van der Waals surface area (Å²) in [5.41, 5.74) is 17.6. The number of aryl methyl sites for hydroxylation is 1. The topological polar surface area (TPSA) is 63.2 Å². The molecule has 7 heterocycles. The highest BCUT2D eigenvalue weighted by molar-refractivity contribution is 6.18. The van der Waals surface area contributed by atoms with Crippen LogP contribution in [0.2, 0.25) is 0 Å². The number of nitrogens with zero attached hydrogens (tertiary/aromatic N) is 9. The smallest absolute Gasteiger partial charge is 0.241 e. The summed E-state index contributed by atoms with van der Waals surface area (Å²) < 4.78 is 7.26. The molecule has 0 unspecified atom stereocenters. The SMILES string of the molecule is C1=Cc2c(c3cccc4c3n2-c2ccccc2N4c2nc(N3c4ccccc4-n4c5ccccc5c5cccc3c54)nc(N3c4ccccc4-n4c5ccccc5c5cccc3c54)n2)CC1. The first kappa shape index (κ1) is 34.5. The summed E-state index contributed by atoms with van der Waals surface area (Å²) in [6.45, 7) is 0. The van der Waals surface area contributed by atoms with E-state index < -0.39 is 0 Å². The van der Waals surface area contributed by atoms with Gasteiger partial charge in [-0.25, -0.2) is 0 Å². The number of rotatable bonds is 3. The molecule has 0 bridgehead atoms. The van der Waals surface area contributed by atoms with Gasteiger partial charge in [-0.15, -0.1) is 0 Å². The van der Waals surface area contributed by atoms with Gasteiger partial charge >= 0.3 is 0 Å². The highest BCUT2D eigenvalue weighted by Gasteiger charge is 2.37. The van der Waals surface area contributed by atoms with Crippen molar-refractivity contribution in [2.45, 2.75) is 12.8 Å². The Morgan fingerprint density at radius 1 is 0.318 bits per heavy atom. The van der Waals surface area contributed by atoms with Crippen LogP contribution in [0.15, 0.2) is 182 Å². The monoisotopic (exact) mass is 845 g/mol. The Bertz CT molecular complexity index is 3980. The van der Waals surface area contributed by atoms with E-state index in [9.17, 15) is 0 Å². The fourth-order valence-corrected chi connectivity index (χ4v) is 11.8. The van der Waals surface area contributed by atoms with Crippen LogP contribution in [0, 0.1) is 0 Å². The van der Waals surface area contributed by atoms with Crippen LogP contribution < -0.4 is 14.7 Å². The van der Waals surface area contributed by atoms with E-state index in [2.05, 4.69) is 216 Å². The zero-order chi connectivity index (χ0) is 42.8. The van der Waals surface area contributed by atoms with Crippen molar-refractivity contribution in [2.24, 2.45) is 0 Å². The van der Waals surface area contributed by atoms with E-state index in [4.69, 9.17) is 15.0 Å². The molecule has 4 aromatic heterocycles. The van der Waals surface area contributed by atoms with Crippen LogP contribution in [0.25, 0.3) is 77.7 Å². The number of benzene rings is 8. The van der Waals surface area contributed by atoms with Gasteiger partial charge in [-0.05, 0) is 91.2 Å². The van der Waals surface area contributed by atoms with Crippen molar-refractivity contribution in [3.8, 4) is 17.1 Å². The van der Waals surface area contributed by atoms with Crippen LogP contribution >= 0.6 is 0 Å². The van der Waals surface area contributed by atoms with Crippen LogP contribution in [0.3, 0.4) is 0 Å². The number of fused-ring (bicyclic) bond motifs is 15. The summed E-state index contributed by atoms with van der Waals surface area (Å²) in [5.74, 6) is 1.58. The van der Waals surface area contributed by atoms with E-state index in [-0.39, 0.29) is 0 Å². The van der Waals surface area contributed by atoms with E-state index in [1.807, 2.05) is 0 Å². The molecule has 0 fully saturated rings. The van der Waals surface area contributed by atoms with E-state index >= 15 is 0 Å². The molecular formula is C57H35N9. The number of anilines is 9. The van der Waals surface area contributed by atoms with Gasteiger partial charge in [0, 0.05) is 32.6 Å². The van der Waals surface area contributed by atoms with Crippen LogP contribution in [0.5, 0.6) is 0 Å². The number of aromatic nitrogens is 6. The second kappa shape index (κ2) is 12.4. The summed E-state index contributed by atoms with van der Waals surface area (Å²) in [4.78, 5) is 23.8. The van der Waals surface area contributed by atoms with Crippen molar-refractivity contribution in [1.29, 1.82) is 0 Å². The molecule has 9 nitrogen and oxygen atoms in total. The Labute approximate surface area is 377 Å². The van der Waals surface area contributed by atoms with Gasteiger partial charge in [0.1, 0.15) is 0 Å². The van der Waals surface area contributed by atoms with Crippen LogP contribution in [-0.4, -0.2) is 28.7 Å². The number of hydrogen-bond acceptors (Lipinski definition) is 6. The van der Waals surface area contributed by atoms with Gasteiger partial charge in [0.05, 0.1) is 78.8 Å². The maximum atomic E-state index is 5.68. The van der Waals surface area contributed by atoms with Crippen LogP contribution in [0.1, 0.15) is 17.7 Å². The number of para-hydroxylation sites is 11. The molecule has 66 heavy (non-hydrogen) atoms. The van der Waals surface area contributed by atoms with Gasteiger partial charge in [0.25, 0.3) is 0 Å². The van der Waals surface area contributed by atoms with Crippen molar-refractivity contribution in [3.63, 3.8) is 0 Å². The molecule has 3 aliphatic heterocycles. The van der Waals surface area contributed by atoms with Crippen molar-refractivity contribution in [1.82, 2.24) is 28.7 Å². The minimum Gasteiger partial charge on any atom is -0.305 e. The van der Waals surface area contributed by atoms with Gasteiger partial charge in [-0.2, -0.15) is 15.0 Å². The van der Waals surface area contributed by atoms with Gasteiger partial charge in [0.2, 0.25) is 17.8 Å². The molecule has 0 amide bonds. The summed E-state index contributed by atoms with van der Waals surface area (Å²) >= 11 is 0. The molecule has 308 valence electrons. The number of hydrogen-bond donors (Lipinski definition) is 0. The third-order valence-electron chi connectivity index (χ3n) is 14.3. The Morgan fingerprint density at radius 3 is 1.17 bits per heavy atom. The third-order valence-corrected chi connectivity index (χ3v) is 14.3. The lowest BCUT2D eigenvalue weighted by atomic mass is 10.0. The molecule has 0 N–H and O–H groups in total. The quantitative estimate of drug-likeness (QED) is 0.176. The standard InChI is InChI=1S/C57H35N9/c1-4-22-40-34(16-1)37-19-13-31-49-52(37)61(40)43-25-7-10-28-46(43)64(49)55-58-56(65-47-29-11-8-26-44(47)62-41-23-5-2-17-35(41)38-20-14-32-50(65)53(38)62)60-57(59-55)66-48-30-12-9-27-45(48)63-42-24-6-3-18-36(42)39-21-15-33-51(66)54(39)63/h1-2,4-17,19-33H,3,18H2. The van der Waals surface area contributed by atoms with E-state index in [1.54, 1.807) is 0 Å². The Hall–Kier alpha value is -8.95. The highest BCUT2D eigenvalue weighted by atomic mass is 15.4. The highest BCUT2D eigenvalue weighted by Crippen LogP contribution is 2.54. The van der Waals surface area contributed by atoms with Crippen molar-refractivity contribution in [2.75, 3.05) is 14.7 Å². The molecule has 4 aliphatic rings. The molecule has 0 atom stereocenters. The summed E-state index contributed by atoms with van der Waals surface area (Å²) in [7, 11) is 0. The number of allylic oxidation sites excluding steroid dienone is 1. The molecule has 9 heteroatoms. The molecule has 1 aliphatic carbocycles. The zero-order valence-electron chi connectivity index (χ0n) is 35.3. The van der Waals surface area contributed by atoms with Crippen LogP contribution in [0.4, 0.5) is 52.0 Å². The Kier molecular flexibility index (Phi) is 6.49. The maximum Gasteiger partial charge on any atom is 0.241 e. The lowest BCUT2D eigenvalue weighted by molar-refractivity contribution is 0.935. The molecular weight excluding hydrogens is 811 g/mol. The fourth-order valence-electron chi connectivity index (χ4n) is 11.8. The molecule has 8 aromatic carbocycles. The minimum atomic E-state index is 0.523. The Morgan fingerprint density at radius 2 is 0.682 bits per heavy atom. The first-order valence-electron chi connectivity index (χ1n) is 22.6. The first-order valence-corrected chi connectivity index (χ1v) is 22.6. The van der Waals surface area contributed by atoms with E-state index in [0.717, 1.165) is 91.6 Å². The summed E-state index contributed by atoms with van der Waals surface area (Å²) in [6.07, 6.45) is 6.62. The van der Waals surface area contributed by atoms with Crippen molar-refractivity contribution >= 4 is 113 Å². The normalized spacial score (nSPS) is 14.1. The first-order chi connectivity index (χ1) is 32.8. The van der Waals surface area contributed by atoms with Gasteiger partial charge in [0.15, 0.2) is 0 Å². The Balaban J connectivity index is 1.03. The average Bonchev–Trinajstić information content (AvgIpc) is 4.03. The van der Waals surface area contributed by atoms with E-state index in [0.29, 0.717) is 17.8 Å². The third kappa shape index (κ3) is 4.23. The predicted octanol–water partition coefficient (Wildman–Crippen LogP) is 14.3. The van der Waals surface area contributed by atoms with Crippen LogP contribution in [-0.2, 0) is 6.42 Å². The second-order valence-electron chi connectivity index (χ2n) is 17.6. The molecule has 0 spiro atoms. The van der Waals surface area contributed by atoms with Crippen molar-refractivity contribution < 1.29 is 0 Å². The lowest BCUT2D eigenvalue weighted by Gasteiger charge is -2.36. The van der Waals surface area contributed by atoms with Gasteiger partial charge in [-0.1, -0.05) is 115 Å². The second-order valence-corrected chi connectivity index (χ2v) is 17.6. The zero-order valence-corrected chi connectivity index (χ0v) is 35.3. The largest absolute Gasteiger partial charge is 0.305 e. The maximum absolute atomic E-state index is 5.68. The average molecular weight is 846 g/mol. The summed E-state index contributed by atoms with van der Waals surface area (Å²) in [6, 6.07) is 63.2. The minimum absolute atomic E-state index is 0.523. The molecule has 0 radical (unpaired) electrons. The molecule has 0 saturated carbocycles. The van der Waals surface area contributed by atoms with Gasteiger partial charge < -0.3 is 13.7 Å². The fraction of sp³-hybridized carbons (Fsp3) is 0.0351. The summed E-state index contributed by atoms with van der Waals surface area (Å²) in [5, 5.41) is 6.02. The van der Waals surface area contributed by atoms with E-state index in [1.165, 1.54) is 38.2 Å².